The first-order valence-corrected chi connectivity index (χ1v) is 8.58. The molecule has 24 heavy (non-hydrogen) atoms. The van der Waals surface area contributed by atoms with E-state index in [9.17, 15) is 4.79 Å². The van der Waals surface area contributed by atoms with Crippen LogP contribution in [0.5, 0.6) is 0 Å². The first kappa shape index (κ1) is 15.2. The van der Waals surface area contributed by atoms with Crippen LogP contribution in [0.15, 0.2) is 6.33 Å². The highest BCUT2D eigenvalue weighted by molar-refractivity contribution is 5.80. The van der Waals surface area contributed by atoms with Crippen LogP contribution in [0, 0.1) is 17.2 Å². The van der Waals surface area contributed by atoms with Crippen LogP contribution in [0.4, 0.5) is 11.6 Å². The van der Waals surface area contributed by atoms with E-state index in [4.69, 9.17) is 5.26 Å². The highest BCUT2D eigenvalue weighted by Crippen LogP contribution is 2.46. The molecule has 2 saturated heterocycles. The summed E-state index contributed by atoms with van der Waals surface area (Å²) in [6.07, 6.45) is 2.53. The average Bonchev–Trinajstić information content (AvgIpc) is 3.19. The van der Waals surface area contributed by atoms with Gasteiger partial charge in [0.25, 0.3) is 0 Å². The Morgan fingerprint density at radius 3 is 3.08 bits per heavy atom. The summed E-state index contributed by atoms with van der Waals surface area (Å²) in [5.74, 6) is 2.74. The van der Waals surface area contributed by atoms with E-state index in [0.717, 1.165) is 44.2 Å². The van der Waals surface area contributed by atoms with E-state index < -0.39 is 0 Å². The van der Waals surface area contributed by atoms with Crippen LogP contribution >= 0.6 is 0 Å². The van der Waals surface area contributed by atoms with Crippen LogP contribution in [0.3, 0.4) is 0 Å². The van der Waals surface area contributed by atoms with Gasteiger partial charge < -0.3 is 15.1 Å². The molecule has 126 valence electrons. The van der Waals surface area contributed by atoms with E-state index in [0.29, 0.717) is 11.8 Å². The molecule has 3 aliphatic rings. The molecule has 2 fully saturated rings. The Kier molecular flexibility index (Phi) is 3.37. The Hall–Kier alpha value is -2.36. The lowest BCUT2D eigenvalue weighted by atomic mass is 9.74. The number of nitrogens with one attached hydrogen (secondary N) is 1. The fourth-order valence-corrected chi connectivity index (χ4v) is 4.50. The largest absolute Gasteiger partial charge is 0.369 e. The molecule has 7 nitrogen and oxygen atoms in total. The minimum Gasteiger partial charge on any atom is -0.369 e. The van der Waals surface area contributed by atoms with Crippen molar-refractivity contribution in [3.8, 4) is 6.07 Å². The first-order valence-electron chi connectivity index (χ1n) is 8.58. The lowest BCUT2D eigenvalue weighted by Crippen LogP contribution is -2.69. The van der Waals surface area contributed by atoms with Gasteiger partial charge in [0.2, 0.25) is 5.91 Å². The van der Waals surface area contributed by atoms with Gasteiger partial charge in [-0.3, -0.25) is 4.79 Å². The summed E-state index contributed by atoms with van der Waals surface area (Å²) in [4.78, 5) is 25.4. The molecule has 0 aliphatic carbocycles. The smallest absolute Gasteiger partial charge is 0.237 e. The number of hydrogen-bond acceptors (Lipinski definition) is 6. The number of carbonyl (C=O) groups is 1. The molecule has 0 radical (unpaired) electrons. The Morgan fingerprint density at radius 1 is 1.50 bits per heavy atom. The van der Waals surface area contributed by atoms with Gasteiger partial charge in [0.15, 0.2) is 0 Å². The number of hydrogen-bond donors (Lipinski definition) is 1. The Morgan fingerprint density at radius 2 is 2.33 bits per heavy atom. The summed E-state index contributed by atoms with van der Waals surface area (Å²) in [6, 6.07) is 1.99. The summed E-state index contributed by atoms with van der Waals surface area (Å²) in [5.41, 5.74) is 1.05. The van der Waals surface area contributed by atoms with Crippen molar-refractivity contribution in [3.05, 3.63) is 11.9 Å². The molecular formula is C17H22N6O. The molecule has 4 rings (SSSR count). The van der Waals surface area contributed by atoms with Crippen molar-refractivity contribution < 1.29 is 4.79 Å². The third-order valence-electron chi connectivity index (χ3n) is 5.95. The fourth-order valence-electron chi connectivity index (χ4n) is 4.50. The zero-order valence-corrected chi connectivity index (χ0v) is 14.1. The predicted octanol–water partition coefficient (Wildman–Crippen LogP) is 1.35. The number of amides is 1. The summed E-state index contributed by atoms with van der Waals surface area (Å²) >= 11 is 0. The van der Waals surface area contributed by atoms with Gasteiger partial charge in [-0.25, -0.2) is 9.97 Å². The Bertz CT molecular complexity index is 728. The molecule has 3 atom stereocenters. The highest BCUT2D eigenvalue weighted by Gasteiger charge is 2.56. The quantitative estimate of drug-likeness (QED) is 0.883. The summed E-state index contributed by atoms with van der Waals surface area (Å²) in [6.45, 7) is 7.72. The van der Waals surface area contributed by atoms with Crippen molar-refractivity contribution in [1.29, 1.82) is 5.26 Å². The molecule has 1 amide bonds. The molecule has 4 heterocycles. The summed E-state index contributed by atoms with van der Waals surface area (Å²) < 4.78 is 0. The molecule has 1 aromatic heterocycles. The van der Waals surface area contributed by atoms with Gasteiger partial charge in [0.05, 0.1) is 11.6 Å². The minimum absolute atomic E-state index is 0.0294. The summed E-state index contributed by atoms with van der Waals surface area (Å²) in [5, 5.41) is 12.2. The third kappa shape index (κ3) is 1.98. The van der Waals surface area contributed by atoms with Gasteiger partial charge >= 0.3 is 0 Å². The van der Waals surface area contributed by atoms with Crippen LogP contribution in [-0.4, -0.2) is 52.5 Å². The normalized spacial score (nSPS) is 30.7. The van der Waals surface area contributed by atoms with Gasteiger partial charge in [0, 0.05) is 37.7 Å². The van der Waals surface area contributed by atoms with Crippen molar-refractivity contribution in [2.24, 2.45) is 5.92 Å². The van der Waals surface area contributed by atoms with E-state index >= 15 is 0 Å². The summed E-state index contributed by atoms with van der Waals surface area (Å²) in [7, 11) is 0. The SMILES string of the molecule is CC1CNc2ncnc(N3CC[C@]4(C3)[C@@H](C)CN4C(=O)CC#N)c21. The lowest BCUT2D eigenvalue weighted by molar-refractivity contribution is -0.152. The molecule has 0 aromatic carbocycles. The van der Waals surface area contributed by atoms with E-state index in [1.807, 2.05) is 11.0 Å². The maximum atomic E-state index is 12.3. The Labute approximate surface area is 141 Å². The maximum Gasteiger partial charge on any atom is 0.237 e. The number of aromatic nitrogens is 2. The number of likely N-dealkylation sites (tertiary alicyclic amines) is 1. The second kappa shape index (κ2) is 5.33. The van der Waals surface area contributed by atoms with E-state index in [-0.39, 0.29) is 17.9 Å². The number of nitrogens with zero attached hydrogens (tertiary/aromatic N) is 5. The highest BCUT2D eigenvalue weighted by atomic mass is 16.2. The van der Waals surface area contributed by atoms with Gasteiger partial charge in [0.1, 0.15) is 24.4 Å². The lowest BCUT2D eigenvalue weighted by Gasteiger charge is -2.55. The van der Waals surface area contributed by atoms with Crippen molar-refractivity contribution in [1.82, 2.24) is 14.9 Å². The van der Waals surface area contributed by atoms with Gasteiger partial charge in [-0.05, 0) is 12.3 Å². The van der Waals surface area contributed by atoms with Gasteiger partial charge in [-0.15, -0.1) is 0 Å². The van der Waals surface area contributed by atoms with Gasteiger partial charge in [-0.1, -0.05) is 13.8 Å². The zero-order valence-electron chi connectivity index (χ0n) is 14.1. The Balaban J connectivity index is 1.61. The minimum atomic E-state index is -0.138. The van der Waals surface area contributed by atoms with E-state index in [2.05, 4.69) is 34.0 Å². The molecule has 1 N–H and O–H groups in total. The molecule has 1 unspecified atom stereocenters. The second-order valence-corrected chi connectivity index (χ2v) is 7.26. The van der Waals surface area contributed by atoms with Crippen molar-refractivity contribution >= 4 is 17.5 Å². The molecule has 0 bridgehead atoms. The zero-order chi connectivity index (χ0) is 16.9. The van der Waals surface area contributed by atoms with Crippen LogP contribution in [0.2, 0.25) is 0 Å². The van der Waals surface area contributed by atoms with Crippen molar-refractivity contribution in [2.45, 2.75) is 38.1 Å². The molecule has 1 aromatic rings. The average molecular weight is 326 g/mol. The number of fused-ring (bicyclic) bond motifs is 1. The number of anilines is 2. The van der Waals surface area contributed by atoms with Crippen molar-refractivity contribution in [2.75, 3.05) is 36.4 Å². The molecule has 0 saturated carbocycles. The first-order chi connectivity index (χ1) is 11.6. The predicted molar refractivity (Wildman–Crippen MR) is 89.6 cm³/mol. The van der Waals surface area contributed by atoms with Gasteiger partial charge in [-0.2, -0.15) is 5.26 Å². The second-order valence-electron chi connectivity index (χ2n) is 7.26. The number of nitriles is 1. The molecular weight excluding hydrogens is 304 g/mol. The van der Waals surface area contributed by atoms with Crippen LogP contribution in [-0.2, 0) is 4.79 Å². The van der Waals surface area contributed by atoms with Crippen molar-refractivity contribution in [3.63, 3.8) is 0 Å². The number of rotatable bonds is 2. The molecule has 1 spiro atoms. The van der Waals surface area contributed by atoms with Crippen LogP contribution in [0.1, 0.15) is 38.2 Å². The standard InChI is InChI=1S/C17H22N6O/c1-11-7-19-15-14(11)16(21-10-20-15)22-6-4-17(9-22)12(2)8-23(17)13(24)3-5-18/h10-12H,3-4,6-9H2,1-2H3,(H,19,20,21)/t11?,12-,17-/m0/s1. The topological polar surface area (TPSA) is 85.2 Å². The molecule has 3 aliphatic heterocycles. The van der Waals surface area contributed by atoms with E-state index in [1.165, 1.54) is 5.56 Å². The van der Waals surface area contributed by atoms with E-state index in [1.54, 1.807) is 6.33 Å². The fraction of sp³-hybridized carbons (Fsp3) is 0.647. The maximum absolute atomic E-state index is 12.3. The molecule has 7 heteroatoms. The monoisotopic (exact) mass is 326 g/mol. The van der Waals surface area contributed by atoms with Crippen LogP contribution in [0.25, 0.3) is 0 Å². The third-order valence-corrected chi connectivity index (χ3v) is 5.95. The number of carbonyl (C=O) groups excluding carboxylic acids is 1. The van der Waals surface area contributed by atoms with Crippen LogP contribution < -0.4 is 10.2 Å².